The Kier molecular flexibility index (Phi) is 4.01. The average Bonchev–Trinajstić information content (AvgIpc) is 3.16. The summed E-state index contributed by atoms with van der Waals surface area (Å²) in [6.45, 7) is 7.48. The van der Waals surface area contributed by atoms with Gasteiger partial charge in [-0.2, -0.15) is 5.10 Å². The predicted molar refractivity (Wildman–Crippen MR) is 95.1 cm³/mol. The number of anilines is 2. The van der Waals surface area contributed by atoms with Crippen LogP contribution in [0.2, 0.25) is 0 Å². The second kappa shape index (κ2) is 6.46. The number of piperazine rings is 1. The van der Waals surface area contributed by atoms with Gasteiger partial charge >= 0.3 is 0 Å². The quantitative estimate of drug-likeness (QED) is 0.715. The van der Waals surface area contributed by atoms with Crippen molar-refractivity contribution in [2.24, 2.45) is 0 Å². The second-order valence-corrected chi connectivity index (χ2v) is 6.13. The van der Waals surface area contributed by atoms with Crippen molar-refractivity contribution >= 4 is 11.8 Å². The molecule has 4 rings (SSSR count). The average molecular weight is 336 g/mol. The van der Waals surface area contributed by atoms with Gasteiger partial charge in [0, 0.05) is 50.0 Å². The van der Waals surface area contributed by atoms with Crippen molar-refractivity contribution in [2.75, 3.05) is 36.0 Å². The van der Waals surface area contributed by atoms with E-state index in [1.54, 1.807) is 10.9 Å². The van der Waals surface area contributed by atoms with Gasteiger partial charge in [-0.3, -0.25) is 0 Å². The fraction of sp³-hybridized carbons (Fsp3) is 0.353. The zero-order valence-corrected chi connectivity index (χ0v) is 14.4. The molecule has 0 unspecified atom stereocenters. The topological polar surface area (TPSA) is 75.9 Å². The molecule has 0 N–H and O–H groups in total. The SMILES string of the molecule is Cc1cc(C)nc(N2CCN(c3ccc(-n4cccn4)nn3)CC2)n1. The summed E-state index contributed by atoms with van der Waals surface area (Å²) in [7, 11) is 0. The van der Waals surface area contributed by atoms with Crippen molar-refractivity contribution in [3.8, 4) is 5.82 Å². The summed E-state index contributed by atoms with van der Waals surface area (Å²) >= 11 is 0. The molecule has 0 radical (unpaired) electrons. The van der Waals surface area contributed by atoms with Gasteiger partial charge < -0.3 is 9.80 Å². The first-order valence-corrected chi connectivity index (χ1v) is 8.35. The van der Waals surface area contributed by atoms with Crippen LogP contribution in [0.25, 0.3) is 5.82 Å². The molecule has 8 nitrogen and oxygen atoms in total. The molecule has 3 aromatic heterocycles. The van der Waals surface area contributed by atoms with Gasteiger partial charge in [0.05, 0.1) is 0 Å². The molecule has 1 fully saturated rings. The zero-order valence-electron chi connectivity index (χ0n) is 14.4. The number of aromatic nitrogens is 6. The first-order valence-electron chi connectivity index (χ1n) is 8.35. The summed E-state index contributed by atoms with van der Waals surface area (Å²) in [5.41, 5.74) is 2.01. The number of hydrogen-bond acceptors (Lipinski definition) is 7. The third kappa shape index (κ3) is 3.28. The summed E-state index contributed by atoms with van der Waals surface area (Å²) in [6, 6.07) is 7.79. The van der Waals surface area contributed by atoms with Crippen LogP contribution in [0.4, 0.5) is 11.8 Å². The van der Waals surface area contributed by atoms with Crippen LogP contribution in [0.15, 0.2) is 36.7 Å². The molecule has 8 heteroatoms. The molecule has 0 saturated carbocycles. The lowest BCUT2D eigenvalue weighted by molar-refractivity contribution is 0.628. The van der Waals surface area contributed by atoms with Crippen molar-refractivity contribution < 1.29 is 0 Å². The highest BCUT2D eigenvalue weighted by atomic mass is 15.4. The van der Waals surface area contributed by atoms with Crippen molar-refractivity contribution in [3.05, 3.63) is 48.0 Å². The molecule has 0 amide bonds. The van der Waals surface area contributed by atoms with Crippen molar-refractivity contribution in [3.63, 3.8) is 0 Å². The monoisotopic (exact) mass is 336 g/mol. The van der Waals surface area contributed by atoms with E-state index in [4.69, 9.17) is 0 Å². The maximum atomic E-state index is 4.55. The maximum Gasteiger partial charge on any atom is 0.225 e. The smallest absolute Gasteiger partial charge is 0.225 e. The second-order valence-electron chi connectivity index (χ2n) is 6.13. The fourth-order valence-electron chi connectivity index (χ4n) is 3.00. The van der Waals surface area contributed by atoms with Crippen LogP contribution in [0.5, 0.6) is 0 Å². The van der Waals surface area contributed by atoms with Crippen LogP contribution < -0.4 is 9.80 Å². The zero-order chi connectivity index (χ0) is 17.2. The molecule has 25 heavy (non-hydrogen) atoms. The van der Waals surface area contributed by atoms with Gasteiger partial charge in [0.1, 0.15) is 0 Å². The molecule has 0 bridgehead atoms. The minimum Gasteiger partial charge on any atom is -0.352 e. The van der Waals surface area contributed by atoms with Crippen LogP contribution in [0.1, 0.15) is 11.4 Å². The van der Waals surface area contributed by atoms with E-state index in [1.807, 2.05) is 44.3 Å². The molecule has 0 atom stereocenters. The highest BCUT2D eigenvalue weighted by molar-refractivity contribution is 5.43. The minimum absolute atomic E-state index is 0.719. The van der Waals surface area contributed by atoms with E-state index < -0.39 is 0 Å². The highest BCUT2D eigenvalue weighted by Gasteiger charge is 2.20. The van der Waals surface area contributed by atoms with Gasteiger partial charge in [-0.1, -0.05) is 0 Å². The van der Waals surface area contributed by atoms with E-state index in [-0.39, 0.29) is 0 Å². The lowest BCUT2D eigenvalue weighted by atomic mass is 10.3. The third-order valence-corrected chi connectivity index (χ3v) is 4.23. The van der Waals surface area contributed by atoms with Crippen LogP contribution in [-0.4, -0.2) is 56.1 Å². The molecule has 1 saturated heterocycles. The predicted octanol–water partition coefficient (Wildman–Crippen LogP) is 1.40. The Morgan fingerprint density at radius 1 is 0.840 bits per heavy atom. The van der Waals surface area contributed by atoms with Gasteiger partial charge in [0.2, 0.25) is 5.95 Å². The van der Waals surface area contributed by atoms with Crippen LogP contribution >= 0.6 is 0 Å². The molecule has 0 aliphatic carbocycles. The molecule has 0 aromatic carbocycles. The Balaban J connectivity index is 1.43. The van der Waals surface area contributed by atoms with Gasteiger partial charge in [-0.25, -0.2) is 14.6 Å². The molecule has 1 aliphatic heterocycles. The molecule has 1 aliphatic rings. The molecular weight excluding hydrogens is 316 g/mol. The van der Waals surface area contributed by atoms with E-state index in [0.717, 1.165) is 55.2 Å². The summed E-state index contributed by atoms with van der Waals surface area (Å²) < 4.78 is 1.70. The lowest BCUT2D eigenvalue weighted by Crippen LogP contribution is -2.47. The van der Waals surface area contributed by atoms with Crippen LogP contribution in [0, 0.1) is 13.8 Å². The molecule has 128 valence electrons. The molecule has 3 aromatic rings. The summed E-state index contributed by atoms with van der Waals surface area (Å²) in [6.07, 6.45) is 3.58. The normalized spacial score (nSPS) is 14.8. The molecule has 4 heterocycles. The van der Waals surface area contributed by atoms with Crippen LogP contribution in [-0.2, 0) is 0 Å². The number of nitrogens with zero attached hydrogens (tertiary/aromatic N) is 8. The Bertz CT molecular complexity index is 815. The van der Waals surface area contributed by atoms with E-state index >= 15 is 0 Å². The number of hydrogen-bond donors (Lipinski definition) is 0. The van der Waals surface area contributed by atoms with Crippen molar-refractivity contribution in [1.82, 2.24) is 29.9 Å². The molecule has 0 spiro atoms. The van der Waals surface area contributed by atoms with Crippen molar-refractivity contribution in [2.45, 2.75) is 13.8 Å². The van der Waals surface area contributed by atoms with Crippen molar-refractivity contribution in [1.29, 1.82) is 0 Å². The van der Waals surface area contributed by atoms with E-state index in [9.17, 15) is 0 Å². The minimum atomic E-state index is 0.719. The largest absolute Gasteiger partial charge is 0.352 e. The fourth-order valence-corrected chi connectivity index (χ4v) is 3.00. The first kappa shape index (κ1) is 15.5. The van der Waals surface area contributed by atoms with E-state index in [1.165, 1.54) is 0 Å². The number of rotatable bonds is 3. The van der Waals surface area contributed by atoms with Gasteiger partial charge in [-0.05, 0) is 38.1 Å². The summed E-state index contributed by atoms with van der Waals surface area (Å²) in [4.78, 5) is 13.6. The highest BCUT2D eigenvalue weighted by Crippen LogP contribution is 2.17. The van der Waals surface area contributed by atoms with Gasteiger partial charge in [-0.15, -0.1) is 10.2 Å². The maximum absolute atomic E-state index is 4.55. The summed E-state index contributed by atoms with van der Waals surface area (Å²) in [5, 5.41) is 12.8. The Morgan fingerprint density at radius 2 is 1.48 bits per heavy atom. The van der Waals surface area contributed by atoms with Crippen LogP contribution in [0.3, 0.4) is 0 Å². The first-order chi connectivity index (χ1) is 12.2. The Hall–Kier alpha value is -3.03. The van der Waals surface area contributed by atoms with E-state index in [2.05, 4.69) is 35.1 Å². The van der Waals surface area contributed by atoms with E-state index in [0.29, 0.717) is 0 Å². The van der Waals surface area contributed by atoms with Gasteiger partial charge in [0.25, 0.3) is 0 Å². The standard InChI is InChI=1S/C17H20N8/c1-13-12-14(2)20-17(19-13)24-10-8-23(9-11-24)15-4-5-16(22-21-15)25-7-3-6-18-25/h3-7,12H,8-11H2,1-2H3. The Morgan fingerprint density at radius 3 is 2.08 bits per heavy atom. The lowest BCUT2D eigenvalue weighted by Gasteiger charge is -2.35. The van der Waals surface area contributed by atoms with Gasteiger partial charge in [0.15, 0.2) is 11.6 Å². The molecular formula is C17H20N8. The Labute approximate surface area is 146 Å². The summed E-state index contributed by atoms with van der Waals surface area (Å²) in [5.74, 6) is 2.42. The third-order valence-electron chi connectivity index (χ3n) is 4.23. The number of aryl methyl sites for hydroxylation is 2.